The number of oxime groups is 1. The molecule has 202 valence electrons. The SMILES string of the molecule is CCO/N=C(\C)c1cccc(Oc2ccc(Nc3ncnc4ccn(CCNC5=CC(C)(O)C5)c34)cc2Cl)c1. The molecule has 1 unspecified atom stereocenters. The summed E-state index contributed by atoms with van der Waals surface area (Å²) in [5.41, 5.74) is 4.53. The van der Waals surface area contributed by atoms with E-state index in [1.54, 1.807) is 13.0 Å². The number of aromatic nitrogens is 3. The van der Waals surface area contributed by atoms with E-state index in [1.807, 2.05) is 68.6 Å². The zero-order valence-corrected chi connectivity index (χ0v) is 22.9. The van der Waals surface area contributed by atoms with Crippen LogP contribution in [0.4, 0.5) is 11.5 Å². The van der Waals surface area contributed by atoms with Crippen molar-refractivity contribution >= 4 is 39.9 Å². The summed E-state index contributed by atoms with van der Waals surface area (Å²) in [6, 6.07) is 15.1. The molecular formula is C29H31ClN6O3. The van der Waals surface area contributed by atoms with Crippen LogP contribution in [0.25, 0.3) is 11.0 Å². The molecule has 2 aromatic heterocycles. The number of ether oxygens (including phenoxy) is 1. The molecule has 9 nitrogen and oxygen atoms in total. The number of hydrogen-bond donors (Lipinski definition) is 3. The van der Waals surface area contributed by atoms with Crippen LogP contribution in [0.1, 0.15) is 32.8 Å². The molecule has 0 amide bonds. The van der Waals surface area contributed by atoms with Crippen molar-refractivity contribution in [3.8, 4) is 11.5 Å². The molecule has 2 heterocycles. The van der Waals surface area contributed by atoms with Gasteiger partial charge in [-0.15, -0.1) is 0 Å². The molecule has 1 atom stereocenters. The van der Waals surface area contributed by atoms with Crippen LogP contribution >= 0.6 is 11.6 Å². The van der Waals surface area contributed by atoms with Crippen molar-refractivity contribution in [2.45, 2.75) is 39.3 Å². The first-order valence-corrected chi connectivity index (χ1v) is 13.2. The lowest BCUT2D eigenvalue weighted by Crippen LogP contribution is -2.37. The van der Waals surface area contributed by atoms with E-state index in [9.17, 15) is 5.11 Å². The average molecular weight is 547 g/mol. The van der Waals surface area contributed by atoms with Gasteiger partial charge in [-0.2, -0.15) is 0 Å². The topological polar surface area (TPSA) is 106 Å². The molecule has 3 N–H and O–H groups in total. The highest BCUT2D eigenvalue weighted by Gasteiger charge is 2.28. The first kappa shape index (κ1) is 26.5. The molecule has 0 spiro atoms. The summed E-state index contributed by atoms with van der Waals surface area (Å²) in [5, 5.41) is 21.2. The quantitative estimate of drug-likeness (QED) is 0.156. The minimum Gasteiger partial charge on any atom is -0.456 e. The van der Waals surface area contributed by atoms with Crippen molar-refractivity contribution in [1.82, 2.24) is 19.9 Å². The largest absolute Gasteiger partial charge is 0.456 e. The maximum Gasteiger partial charge on any atom is 0.158 e. The summed E-state index contributed by atoms with van der Waals surface area (Å²) in [6.45, 7) is 7.52. The van der Waals surface area contributed by atoms with Crippen molar-refractivity contribution in [2.24, 2.45) is 5.16 Å². The Morgan fingerprint density at radius 1 is 1.21 bits per heavy atom. The number of nitrogens with zero attached hydrogens (tertiary/aromatic N) is 4. The van der Waals surface area contributed by atoms with Crippen molar-refractivity contribution < 1.29 is 14.7 Å². The van der Waals surface area contributed by atoms with E-state index in [0.29, 0.717) is 41.9 Å². The number of halogens is 1. The molecule has 5 rings (SSSR count). The number of aliphatic hydroxyl groups is 1. The zero-order valence-electron chi connectivity index (χ0n) is 22.1. The molecule has 0 saturated heterocycles. The van der Waals surface area contributed by atoms with Gasteiger partial charge in [-0.3, -0.25) is 0 Å². The van der Waals surface area contributed by atoms with E-state index in [4.69, 9.17) is 21.2 Å². The second kappa shape index (κ2) is 11.3. The third kappa shape index (κ3) is 6.32. The van der Waals surface area contributed by atoms with Gasteiger partial charge >= 0.3 is 0 Å². The van der Waals surface area contributed by atoms with Crippen LogP contribution in [0.5, 0.6) is 11.5 Å². The van der Waals surface area contributed by atoms with Crippen molar-refractivity contribution in [3.63, 3.8) is 0 Å². The van der Waals surface area contributed by atoms with Crippen LogP contribution in [-0.2, 0) is 11.4 Å². The van der Waals surface area contributed by atoms with Crippen LogP contribution in [0.15, 0.2) is 78.0 Å². The monoisotopic (exact) mass is 546 g/mol. The first-order valence-electron chi connectivity index (χ1n) is 12.8. The number of benzene rings is 2. The fourth-order valence-electron chi connectivity index (χ4n) is 4.42. The van der Waals surface area contributed by atoms with E-state index in [1.165, 1.54) is 6.33 Å². The van der Waals surface area contributed by atoms with E-state index in [0.717, 1.165) is 40.2 Å². The molecule has 10 heteroatoms. The molecule has 1 aliphatic carbocycles. The highest BCUT2D eigenvalue weighted by Crippen LogP contribution is 2.34. The molecule has 0 fully saturated rings. The summed E-state index contributed by atoms with van der Waals surface area (Å²) in [7, 11) is 0. The molecule has 4 aromatic rings. The van der Waals surface area contributed by atoms with Crippen molar-refractivity contribution in [3.05, 3.63) is 83.4 Å². The van der Waals surface area contributed by atoms with Gasteiger partial charge < -0.3 is 29.9 Å². The van der Waals surface area contributed by atoms with Crippen molar-refractivity contribution in [2.75, 3.05) is 18.5 Å². The Morgan fingerprint density at radius 3 is 2.82 bits per heavy atom. The summed E-state index contributed by atoms with van der Waals surface area (Å²) in [4.78, 5) is 14.1. The summed E-state index contributed by atoms with van der Waals surface area (Å²) in [5.74, 6) is 1.86. The number of fused-ring (bicyclic) bond motifs is 1. The third-order valence-electron chi connectivity index (χ3n) is 6.29. The van der Waals surface area contributed by atoms with E-state index < -0.39 is 5.60 Å². The second-order valence-electron chi connectivity index (χ2n) is 9.59. The molecule has 0 bridgehead atoms. The standard InChI is InChI=1S/C29H31ClN6O3/c1-4-38-35-19(2)20-6-5-7-23(14-20)39-26-9-8-21(15-24(26)30)34-28-27-25(32-18-33-28)10-12-36(27)13-11-31-22-16-29(3,37)17-22/h5-10,12,14-16,18,31,37H,4,11,13,17H2,1-3H3,(H,32,33,34)/b35-19+. The van der Waals surface area contributed by atoms with Crippen molar-refractivity contribution in [1.29, 1.82) is 0 Å². The normalized spacial score (nSPS) is 16.9. The summed E-state index contributed by atoms with van der Waals surface area (Å²) < 4.78 is 8.17. The highest BCUT2D eigenvalue weighted by atomic mass is 35.5. The molecule has 1 aliphatic rings. The van der Waals surface area contributed by atoms with E-state index >= 15 is 0 Å². The van der Waals surface area contributed by atoms with Gasteiger partial charge in [0, 0.05) is 42.7 Å². The van der Waals surface area contributed by atoms with Gasteiger partial charge in [0.05, 0.1) is 21.9 Å². The Bertz CT molecular complexity index is 1550. The number of rotatable bonds is 11. The Kier molecular flexibility index (Phi) is 7.72. The van der Waals surface area contributed by atoms with Gasteiger partial charge in [-0.25, -0.2) is 9.97 Å². The molecule has 39 heavy (non-hydrogen) atoms. The second-order valence-corrected chi connectivity index (χ2v) is 10.00. The van der Waals surface area contributed by atoms with Crippen LogP contribution in [0.2, 0.25) is 5.02 Å². The lowest BCUT2D eigenvalue weighted by Gasteiger charge is -2.31. The predicted molar refractivity (Wildman–Crippen MR) is 154 cm³/mol. The maximum absolute atomic E-state index is 9.88. The van der Waals surface area contributed by atoms with Crippen LogP contribution in [-0.4, -0.2) is 44.1 Å². The first-order chi connectivity index (χ1) is 18.8. The van der Waals surface area contributed by atoms with Gasteiger partial charge in [0.1, 0.15) is 29.9 Å². The van der Waals surface area contributed by atoms with Crippen LogP contribution in [0, 0.1) is 0 Å². The third-order valence-corrected chi connectivity index (χ3v) is 6.59. The zero-order chi connectivity index (χ0) is 27.4. The van der Waals surface area contributed by atoms with E-state index in [-0.39, 0.29) is 0 Å². The van der Waals surface area contributed by atoms with Gasteiger partial charge in [0.2, 0.25) is 0 Å². The number of nitrogens with one attached hydrogen (secondary N) is 2. The summed E-state index contributed by atoms with van der Waals surface area (Å²) >= 11 is 6.60. The lowest BCUT2D eigenvalue weighted by molar-refractivity contribution is 0.0871. The predicted octanol–water partition coefficient (Wildman–Crippen LogP) is 6.01. The van der Waals surface area contributed by atoms with E-state index in [2.05, 4.69) is 30.3 Å². The van der Waals surface area contributed by atoms with Gasteiger partial charge in [0.15, 0.2) is 5.82 Å². The lowest BCUT2D eigenvalue weighted by atomic mass is 9.88. The fraction of sp³-hybridized carbons (Fsp3) is 0.276. The Hall–Kier alpha value is -4.08. The Balaban J connectivity index is 1.29. The summed E-state index contributed by atoms with van der Waals surface area (Å²) in [6.07, 6.45) is 6.03. The number of anilines is 2. The molecule has 0 aliphatic heterocycles. The van der Waals surface area contributed by atoms with Crippen LogP contribution < -0.4 is 15.4 Å². The molecule has 0 saturated carbocycles. The van der Waals surface area contributed by atoms with Gasteiger partial charge in [0.25, 0.3) is 0 Å². The number of hydrogen-bond acceptors (Lipinski definition) is 8. The molecule has 0 radical (unpaired) electrons. The average Bonchev–Trinajstić information content (AvgIpc) is 3.32. The van der Waals surface area contributed by atoms with Crippen LogP contribution in [0.3, 0.4) is 0 Å². The highest BCUT2D eigenvalue weighted by molar-refractivity contribution is 6.32. The Morgan fingerprint density at radius 2 is 2.05 bits per heavy atom. The minimum atomic E-state index is -0.698. The Labute approximate surface area is 232 Å². The van der Waals surface area contributed by atoms with Gasteiger partial charge in [-0.1, -0.05) is 28.9 Å². The van der Waals surface area contributed by atoms with Gasteiger partial charge in [-0.05, 0) is 63.2 Å². The minimum absolute atomic E-state index is 0.458. The maximum atomic E-state index is 9.88. The fourth-order valence-corrected chi connectivity index (χ4v) is 4.64. The molecule has 2 aromatic carbocycles. The smallest absolute Gasteiger partial charge is 0.158 e. The molecular weight excluding hydrogens is 516 g/mol.